The largest absolute Gasteiger partial charge is 0.392 e. The van der Waals surface area contributed by atoms with Crippen LogP contribution in [0.1, 0.15) is 18.9 Å². The molecule has 8 heteroatoms. The Bertz CT molecular complexity index is 623. The second-order valence-electron chi connectivity index (χ2n) is 4.80. The average molecular weight is 338 g/mol. The van der Waals surface area contributed by atoms with Crippen LogP contribution in [0.4, 0.5) is 4.39 Å². The van der Waals surface area contributed by atoms with Crippen LogP contribution in [0, 0.1) is 5.82 Å². The van der Waals surface area contributed by atoms with Crippen LogP contribution in [-0.2, 0) is 21.4 Å². The van der Waals surface area contributed by atoms with Crippen LogP contribution in [0.25, 0.3) is 0 Å². The molecule has 118 valence electrons. The van der Waals surface area contributed by atoms with Crippen LogP contribution in [-0.4, -0.2) is 43.6 Å². The van der Waals surface area contributed by atoms with E-state index in [4.69, 9.17) is 21.4 Å². The third-order valence-electron chi connectivity index (χ3n) is 3.42. The molecule has 1 aromatic rings. The van der Waals surface area contributed by atoms with Crippen molar-refractivity contribution in [2.45, 2.75) is 31.0 Å². The van der Waals surface area contributed by atoms with E-state index >= 15 is 0 Å². The van der Waals surface area contributed by atoms with Crippen molar-refractivity contribution in [1.82, 2.24) is 4.31 Å². The topological polar surface area (TPSA) is 66.8 Å². The SMILES string of the molecule is CCC1CN(S(=O)(=O)c2cc(Cl)cc(CO)c2F)CCO1. The van der Waals surface area contributed by atoms with Crippen LogP contribution < -0.4 is 0 Å². The molecule has 0 saturated carbocycles. The molecule has 0 radical (unpaired) electrons. The van der Waals surface area contributed by atoms with Gasteiger partial charge in [-0.05, 0) is 18.6 Å². The van der Waals surface area contributed by atoms with Crippen LogP contribution in [0.15, 0.2) is 17.0 Å². The minimum absolute atomic E-state index is 0.0688. The van der Waals surface area contributed by atoms with Crippen molar-refractivity contribution in [2.24, 2.45) is 0 Å². The highest BCUT2D eigenvalue weighted by Gasteiger charge is 2.33. The van der Waals surface area contributed by atoms with Crippen molar-refractivity contribution in [3.63, 3.8) is 0 Å². The molecule has 0 aromatic heterocycles. The Balaban J connectivity index is 2.42. The van der Waals surface area contributed by atoms with Crippen molar-refractivity contribution < 1.29 is 22.7 Å². The number of sulfonamides is 1. The first-order chi connectivity index (χ1) is 9.90. The third-order valence-corrected chi connectivity index (χ3v) is 5.51. The number of morpholine rings is 1. The van der Waals surface area contributed by atoms with Gasteiger partial charge in [-0.25, -0.2) is 12.8 Å². The van der Waals surface area contributed by atoms with E-state index in [2.05, 4.69) is 0 Å². The number of benzene rings is 1. The van der Waals surface area contributed by atoms with Gasteiger partial charge in [-0.15, -0.1) is 0 Å². The summed E-state index contributed by atoms with van der Waals surface area (Å²) in [6, 6.07) is 2.28. The maximum Gasteiger partial charge on any atom is 0.246 e. The lowest BCUT2D eigenvalue weighted by Crippen LogP contribution is -2.45. The van der Waals surface area contributed by atoms with E-state index in [-0.39, 0.29) is 36.4 Å². The number of hydrogen-bond acceptors (Lipinski definition) is 4. The van der Waals surface area contributed by atoms with Crippen molar-refractivity contribution >= 4 is 21.6 Å². The lowest BCUT2D eigenvalue weighted by Gasteiger charge is -2.31. The van der Waals surface area contributed by atoms with Crippen LogP contribution in [0.2, 0.25) is 5.02 Å². The van der Waals surface area contributed by atoms with E-state index in [0.29, 0.717) is 6.42 Å². The third kappa shape index (κ3) is 3.37. The molecule has 1 aromatic carbocycles. The van der Waals surface area contributed by atoms with Gasteiger partial charge in [0.1, 0.15) is 10.7 Å². The Labute approximate surface area is 128 Å². The Kier molecular flexibility index (Phi) is 5.21. The van der Waals surface area contributed by atoms with E-state index < -0.39 is 27.3 Å². The highest BCUT2D eigenvalue weighted by Crippen LogP contribution is 2.27. The minimum Gasteiger partial charge on any atom is -0.392 e. The molecule has 0 spiro atoms. The number of aliphatic hydroxyl groups excluding tert-OH is 1. The summed E-state index contributed by atoms with van der Waals surface area (Å²) in [4.78, 5) is -0.504. The molecular formula is C13H17ClFNO4S. The van der Waals surface area contributed by atoms with Gasteiger partial charge in [0.2, 0.25) is 10.0 Å². The van der Waals surface area contributed by atoms with E-state index in [1.807, 2.05) is 6.92 Å². The molecule has 1 atom stereocenters. The highest BCUT2D eigenvalue weighted by atomic mass is 35.5. The standard InChI is InChI=1S/C13H17ClFNO4S/c1-2-11-7-16(3-4-20-11)21(18,19)12-6-10(14)5-9(8-17)13(12)15/h5-6,11,17H,2-4,7-8H2,1H3. The first-order valence-corrected chi connectivity index (χ1v) is 8.42. The van der Waals surface area contributed by atoms with E-state index in [1.54, 1.807) is 0 Å². The molecule has 1 aliphatic rings. The summed E-state index contributed by atoms with van der Waals surface area (Å²) in [6.07, 6.45) is 0.472. The minimum atomic E-state index is -4.01. The molecule has 0 amide bonds. The summed E-state index contributed by atoms with van der Waals surface area (Å²) in [5, 5.41) is 9.17. The molecular weight excluding hydrogens is 321 g/mol. The van der Waals surface area contributed by atoms with Crippen LogP contribution >= 0.6 is 11.6 Å². The number of rotatable bonds is 4. The predicted octanol–water partition coefficient (Wildman–Crippen LogP) is 1.77. The number of aliphatic hydroxyl groups is 1. The van der Waals surface area contributed by atoms with Gasteiger partial charge in [0.05, 0.1) is 19.3 Å². The molecule has 1 aliphatic heterocycles. The average Bonchev–Trinajstić information content (AvgIpc) is 2.49. The fourth-order valence-corrected chi connectivity index (χ4v) is 4.11. The zero-order valence-electron chi connectivity index (χ0n) is 11.6. The molecule has 0 bridgehead atoms. The van der Waals surface area contributed by atoms with Crippen molar-refractivity contribution in [3.05, 3.63) is 28.5 Å². The first-order valence-electron chi connectivity index (χ1n) is 6.60. The molecule has 1 heterocycles. The van der Waals surface area contributed by atoms with Crippen LogP contribution in [0.3, 0.4) is 0 Å². The molecule has 1 unspecified atom stereocenters. The number of nitrogens with zero attached hydrogens (tertiary/aromatic N) is 1. The Morgan fingerprint density at radius 3 is 2.86 bits per heavy atom. The fourth-order valence-electron chi connectivity index (χ4n) is 2.22. The molecule has 0 aliphatic carbocycles. The number of hydrogen-bond donors (Lipinski definition) is 1. The number of halogens is 2. The summed E-state index contributed by atoms with van der Waals surface area (Å²) in [5.74, 6) is -0.957. The molecule has 1 saturated heterocycles. The summed E-state index contributed by atoms with van der Waals surface area (Å²) in [6.45, 7) is 1.89. The smallest absolute Gasteiger partial charge is 0.246 e. The summed E-state index contributed by atoms with van der Waals surface area (Å²) in [7, 11) is -4.01. The van der Waals surface area contributed by atoms with Gasteiger partial charge in [0.25, 0.3) is 0 Å². The molecule has 2 rings (SSSR count). The highest BCUT2D eigenvalue weighted by molar-refractivity contribution is 7.89. The second-order valence-corrected chi connectivity index (χ2v) is 7.14. The van der Waals surface area contributed by atoms with Crippen molar-refractivity contribution in [1.29, 1.82) is 0 Å². The molecule has 5 nitrogen and oxygen atoms in total. The molecule has 21 heavy (non-hydrogen) atoms. The quantitative estimate of drug-likeness (QED) is 0.909. The summed E-state index contributed by atoms with van der Waals surface area (Å²) in [5.41, 5.74) is -0.138. The predicted molar refractivity (Wildman–Crippen MR) is 76.1 cm³/mol. The van der Waals surface area contributed by atoms with Gasteiger partial charge in [-0.2, -0.15) is 4.31 Å². The van der Waals surface area contributed by atoms with Gasteiger partial charge in [-0.3, -0.25) is 0 Å². The van der Waals surface area contributed by atoms with E-state index in [0.717, 1.165) is 6.07 Å². The van der Waals surface area contributed by atoms with E-state index in [9.17, 15) is 12.8 Å². The zero-order chi connectivity index (χ0) is 15.6. The van der Waals surface area contributed by atoms with Gasteiger partial charge < -0.3 is 9.84 Å². The summed E-state index contributed by atoms with van der Waals surface area (Å²) < 4.78 is 46.0. The van der Waals surface area contributed by atoms with Gasteiger partial charge in [0.15, 0.2) is 0 Å². The zero-order valence-corrected chi connectivity index (χ0v) is 13.1. The maximum absolute atomic E-state index is 14.2. The Morgan fingerprint density at radius 1 is 1.52 bits per heavy atom. The Morgan fingerprint density at radius 2 is 2.24 bits per heavy atom. The van der Waals surface area contributed by atoms with Gasteiger partial charge >= 0.3 is 0 Å². The summed E-state index contributed by atoms with van der Waals surface area (Å²) >= 11 is 5.82. The van der Waals surface area contributed by atoms with Crippen molar-refractivity contribution in [2.75, 3.05) is 19.7 Å². The molecule has 1 N–H and O–H groups in total. The normalized spacial score (nSPS) is 20.7. The first kappa shape index (κ1) is 16.6. The Hall–Kier alpha value is -0.730. The fraction of sp³-hybridized carbons (Fsp3) is 0.538. The molecule has 1 fully saturated rings. The number of ether oxygens (including phenoxy) is 1. The maximum atomic E-state index is 14.2. The van der Waals surface area contributed by atoms with Crippen molar-refractivity contribution in [3.8, 4) is 0 Å². The van der Waals surface area contributed by atoms with E-state index in [1.165, 1.54) is 10.4 Å². The monoisotopic (exact) mass is 337 g/mol. The van der Waals surface area contributed by atoms with Gasteiger partial charge in [0, 0.05) is 23.7 Å². The van der Waals surface area contributed by atoms with Crippen LogP contribution in [0.5, 0.6) is 0 Å². The lowest BCUT2D eigenvalue weighted by atomic mass is 10.2. The van der Waals surface area contributed by atoms with Gasteiger partial charge in [-0.1, -0.05) is 18.5 Å². The lowest BCUT2D eigenvalue weighted by molar-refractivity contribution is -0.00283. The second kappa shape index (κ2) is 6.58.